The van der Waals surface area contributed by atoms with E-state index in [2.05, 4.69) is 12.2 Å². The number of hydrogen-bond donors (Lipinski definition) is 1. The zero-order valence-corrected chi connectivity index (χ0v) is 10.2. The van der Waals surface area contributed by atoms with Crippen molar-refractivity contribution in [2.24, 2.45) is 5.92 Å². The topological polar surface area (TPSA) is 32.3 Å². The lowest BCUT2D eigenvalue weighted by atomic mass is 9.94. The van der Waals surface area contributed by atoms with E-state index in [1.54, 1.807) is 0 Å². The summed E-state index contributed by atoms with van der Waals surface area (Å²) in [5.41, 5.74) is 0. The molecular formula is C11H21ClN2O. The molecule has 4 heteroatoms. The maximum absolute atomic E-state index is 12.0. The first-order valence-corrected chi connectivity index (χ1v) is 5.79. The van der Waals surface area contributed by atoms with Crippen molar-refractivity contribution < 1.29 is 4.79 Å². The highest BCUT2D eigenvalue weighted by atomic mass is 35.5. The van der Waals surface area contributed by atoms with Crippen LogP contribution in [0.25, 0.3) is 0 Å². The van der Waals surface area contributed by atoms with Gasteiger partial charge in [-0.2, -0.15) is 0 Å². The number of nitrogens with one attached hydrogen (secondary N) is 1. The quantitative estimate of drug-likeness (QED) is 0.742. The number of likely N-dealkylation sites (tertiary alicyclic amines) is 1. The molecule has 2 saturated heterocycles. The Morgan fingerprint density at radius 1 is 1.27 bits per heavy atom. The van der Waals surface area contributed by atoms with Gasteiger partial charge in [0, 0.05) is 25.7 Å². The number of rotatable bonds is 1. The number of carbonyl (C=O) groups excluding carboxylic acids is 1. The zero-order valence-electron chi connectivity index (χ0n) is 9.37. The minimum Gasteiger partial charge on any atom is -0.342 e. The molecule has 3 nitrogen and oxygen atoms in total. The van der Waals surface area contributed by atoms with Crippen LogP contribution in [0.4, 0.5) is 0 Å². The number of carbonyl (C=O) groups is 1. The van der Waals surface area contributed by atoms with Gasteiger partial charge in [-0.3, -0.25) is 4.79 Å². The van der Waals surface area contributed by atoms with Crippen molar-refractivity contribution in [3.8, 4) is 0 Å². The molecule has 0 aliphatic carbocycles. The molecule has 0 aromatic rings. The molecule has 2 aliphatic rings. The Labute approximate surface area is 98.0 Å². The number of halogens is 1. The Morgan fingerprint density at radius 3 is 2.47 bits per heavy atom. The van der Waals surface area contributed by atoms with Crippen LogP contribution in [0, 0.1) is 5.92 Å². The van der Waals surface area contributed by atoms with Crippen molar-refractivity contribution >= 4 is 18.3 Å². The average Bonchev–Trinajstić information content (AvgIpc) is 2.71. The van der Waals surface area contributed by atoms with Crippen LogP contribution in [0.2, 0.25) is 0 Å². The summed E-state index contributed by atoms with van der Waals surface area (Å²) in [6.45, 7) is 5.06. The van der Waals surface area contributed by atoms with Crippen LogP contribution in [0.1, 0.15) is 32.6 Å². The van der Waals surface area contributed by atoms with Gasteiger partial charge in [-0.25, -0.2) is 0 Å². The minimum atomic E-state index is 0. The average molecular weight is 233 g/mol. The Morgan fingerprint density at radius 2 is 1.93 bits per heavy atom. The van der Waals surface area contributed by atoms with Crippen LogP contribution in [0.3, 0.4) is 0 Å². The van der Waals surface area contributed by atoms with Crippen molar-refractivity contribution in [2.45, 2.75) is 38.6 Å². The second-order valence-electron chi connectivity index (χ2n) is 4.62. The van der Waals surface area contributed by atoms with E-state index >= 15 is 0 Å². The molecule has 2 atom stereocenters. The number of piperidine rings is 1. The predicted molar refractivity (Wildman–Crippen MR) is 63.3 cm³/mol. The van der Waals surface area contributed by atoms with Crippen LogP contribution in [-0.2, 0) is 4.79 Å². The van der Waals surface area contributed by atoms with Crippen molar-refractivity contribution in [3.63, 3.8) is 0 Å². The molecule has 0 aromatic heterocycles. The van der Waals surface area contributed by atoms with E-state index < -0.39 is 0 Å². The third kappa shape index (κ3) is 3.08. The summed E-state index contributed by atoms with van der Waals surface area (Å²) in [6.07, 6.45) is 4.61. The fraction of sp³-hybridized carbons (Fsp3) is 0.909. The van der Waals surface area contributed by atoms with E-state index in [9.17, 15) is 4.79 Å². The second-order valence-corrected chi connectivity index (χ2v) is 4.62. The van der Waals surface area contributed by atoms with Gasteiger partial charge in [0.05, 0.1) is 5.92 Å². The minimum absolute atomic E-state index is 0. The summed E-state index contributed by atoms with van der Waals surface area (Å²) in [5, 5.41) is 3.39. The third-order valence-electron chi connectivity index (χ3n) is 3.43. The largest absolute Gasteiger partial charge is 0.342 e. The molecule has 0 aromatic carbocycles. The summed E-state index contributed by atoms with van der Waals surface area (Å²) < 4.78 is 0. The molecule has 1 amide bonds. The molecule has 15 heavy (non-hydrogen) atoms. The van der Waals surface area contributed by atoms with E-state index in [1.807, 2.05) is 4.90 Å². The van der Waals surface area contributed by atoms with Gasteiger partial charge < -0.3 is 10.2 Å². The number of nitrogens with zero attached hydrogens (tertiary/aromatic N) is 1. The van der Waals surface area contributed by atoms with Gasteiger partial charge in [-0.1, -0.05) is 0 Å². The number of hydrogen-bond acceptors (Lipinski definition) is 2. The summed E-state index contributed by atoms with van der Waals surface area (Å²) >= 11 is 0. The van der Waals surface area contributed by atoms with Gasteiger partial charge in [0.1, 0.15) is 0 Å². The van der Waals surface area contributed by atoms with Gasteiger partial charge in [-0.05, 0) is 32.6 Å². The van der Waals surface area contributed by atoms with Crippen molar-refractivity contribution in [1.29, 1.82) is 0 Å². The summed E-state index contributed by atoms with van der Waals surface area (Å²) in [6, 6.07) is 0.595. The van der Waals surface area contributed by atoms with Gasteiger partial charge >= 0.3 is 0 Å². The molecular weight excluding hydrogens is 212 g/mol. The maximum atomic E-state index is 12.0. The first-order valence-electron chi connectivity index (χ1n) is 5.79. The lowest BCUT2D eigenvalue weighted by Crippen LogP contribution is -2.44. The van der Waals surface area contributed by atoms with E-state index in [1.165, 1.54) is 12.8 Å². The maximum Gasteiger partial charge on any atom is 0.226 e. The molecule has 2 heterocycles. The lowest BCUT2D eigenvalue weighted by Gasteiger charge is -2.29. The molecule has 0 saturated carbocycles. The number of amides is 1. The highest BCUT2D eigenvalue weighted by Gasteiger charge is 2.28. The van der Waals surface area contributed by atoms with E-state index in [0.717, 1.165) is 32.5 Å². The molecule has 0 spiro atoms. The molecule has 2 aliphatic heterocycles. The molecule has 0 radical (unpaired) electrons. The molecule has 1 N–H and O–H groups in total. The first-order chi connectivity index (χ1) is 6.77. The van der Waals surface area contributed by atoms with Crippen molar-refractivity contribution in [3.05, 3.63) is 0 Å². The van der Waals surface area contributed by atoms with Gasteiger partial charge in [0.15, 0.2) is 0 Å². The summed E-state index contributed by atoms with van der Waals surface area (Å²) in [4.78, 5) is 14.0. The van der Waals surface area contributed by atoms with Crippen LogP contribution in [0.15, 0.2) is 0 Å². The molecule has 2 unspecified atom stereocenters. The lowest BCUT2D eigenvalue weighted by molar-refractivity contribution is -0.135. The summed E-state index contributed by atoms with van der Waals surface area (Å²) in [5.74, 6) is 0.645. The SMILES string of the molecule is CC1CCC(C(=O)N2CCCC2)CN1.Cl. The van der Waals surface area contributed by atoms with Gasteiger partial charge in [0.25, 0.3) is 0 Å². The normalized spacial score (nSPS) is 31.1. The fourth-order valence-corrected chi connectivity index (χ4v) is 2.41. The van der Waals surface area contributed by atoms with Gasteiger partial charge in [0.2, 0.25) is 5.91 Å². The highest BCUT2D eigenvalue weighted by molar-refractivity contribution is 5.85. The smallest absolute Gasteiger partial charge is 0.226 e. The monoisotopic (exact) mass is 232 g/mol. The van der Waals surface area contributed by atoms with Crippen molar-refractivity contribution in [1.82, 2.24) is 10.2 Å². The van der Waals surface area contributed by atoms with Crippen LogP contribution < -0.4 is 5.32 Å². The Bertz CT molecular complexity index is 209. The van der Waals surface area contributed by atoms with Crippen LogP contribution >= 0.6 is 12.4 Å². The first kappa shape index (κ1) is 12.8. The van der Waals surface area contributed by atoms with E-state index in [-0.39, 0.29) is 18.3 Å². The van der Waals surface area contributed by atoms with Crippen LogP contribution in [-0.4, -0.2) is 36.5 Å². The Hall–Kier alpha value is -0.280. The summed E-state index contributed by atoms with van der Waals surface area (Å²) in [7, 11) is 0. The fourth-order valence-electron chi connectivity index (χ4n) is 2.41. The molecule has 2 rings (SSSR count). The van der Waals surface area contributed by atoms with E-state index in [4.69, 9.17) is 0 Å². The van der Waals surface area contributed by atoms with Crippen LogP contribution in [0.5, 0.6) is 0 Å². The predicted octanol–water partition coefficient (Wildman–Crippen LogP) is 1.42. The third-order valence-corrected chi connectivity index (χ3v) is 3.43. The van der Waals surface area contributed by atoms with E-state index in [0.29, 0.717) is 11.9 Å². The highest BCUT2D eigenvalue weighted by Crippen LogP contribution is 2.19. The second kappa shape index (κ2) is 5.71. The molecule has 88 valence electrons. The zero-order chi connectivity index (χ0) is 9.97. The Balaban J connectivity index is 0.00000112. The molecule has 0 bridgehead atoms. The van der Waals surface area contributed by atoms with Gasteiger partial charge in [-0.15, -0.1) is 12.4 Å². The Kier molecular flexibility index (Phi) is 4.87. The standard InChI is InChI=1S/C11H20N2O.ClH/c1-9-4-5-10(8-12-9)11(14)13-6-2-3-7-13;/h9-10,12H,2-8H2,1H3;1H. The van der Waals surface area contributed by atoms with Crippen molar-refractivity contribution in [2.75, 3.05) is 19.6 Å². The molecule has 2 fully saturated rings.